The van der Waals surface area contributed by atoms with Crippen LogP contribution in [0.5, 0.6) is 0 Å². The topological polar surface area (TPSA) is 130 Å². The molecule has 33 heavy (non-hydrogen) atoms. The molecule has 9 heteroatoms. The zero-order chi connectivity index (χ0) is 23.0. The van der Waals surface area contributed by atoms with Gasteiger partial charge in [-0.2, -0.15) is 0 Å². The van der Waals surface area contributed by atoms with E-state index in [-0.39, 0.29) is 19.1 Å². The second-order valence-corrected chi connectivity index (χ2v) is 7.46. The van der Waals surface area contributed by atoms with Gasteiger partial charge in [-0.1, -0.05) is 78.9 Å². The fourth-order valence-electron chi connectivity index (χ4n) is 3.50. The summed E-state index contributed by atoms with van der Waals surface area (Å²) < 4.78 is 0. The molecule has 4 aromatic rings. The van der Waals surface area contributed by atoms with Crippen molar-refractivity contribution in [3.63, 3.8) is 0 Å². The van der Waals surface area contributed by atoms with Crippen molar-refractivity contribution >= 4 is 11.9 Å². The fraction of sp³-hybridized carbons (Fsp3) is 0.125. The number of nitrogens with zero attached hydrogens (tertiary/aromatic N) is 4. The van der Waals surface area contributed by atoms with Crippen LogP contribution in [-0.2, 0) is 17.9 Å². The predicted octanol–water partition coefficient (Wildman–Crippen LogP) is 2.73. The highest BCUT2D eigenvalue weighted by Gasteiger charge is 2.17. The van der Waals surface area contributed by atoms with Gasteiger partial charge in [-0.15, -0.1) is 5.10 Å². The van der Waals surface area contributed by atoms with Crippen molar-refractivity contribution in [2.75, 3.05) is 6.54 Å². The van der Waals surface area contributed by atoms with Crippen molar-refractivity contribution in [1.82, 2.24) is 30.8 Å². The number of primary amides is 1. The molecule has 4 N–H and O–H groups in total. The molecule has 3 aromatic carbocycles. The van der Waals surface area contributed by atoms with Gasteiger partial charge < -0.3 is 16.0 Å². The zero-order valence-corrected chi connectivity index (χ0v) is 17.8. The van der Waals surface area contributed by atoms with E-state index in [1.807, 2.05) is 78.9 Å². The Kier molecular flexibility index (Phi) is 6.70. The van der Waals surface area contributed by atoms with Gasteiger partial charge in [0.25, 0.3) is 0 Å². The van der Waals surface area contributed by atoms with Crippen molar-refractivity contribution in [2.24, 2.45) is 5.73 Å². The molecule has 0 spiro atoms. The molecular weight excluding hydrogens is 418 g/mol. The number of carbonyl (C=O) groups excluding carboxylic acids is 2. The normalized spacial score (nSPS) is 10.5. The van der Waals surface area contributed by atoms with Crippen LogP contribution in [0, 0.1) is 0 Å². The van der Waals surface area contributed by atoms with Gasteiger partial charge in [-0.05, 0) is 32.7 Å². The van der Waals surface area contributed by atoms with Crippen LogP contribution in [0.2, 0.25) is 0 Å². The fourth-order valence-corrected chi connectivity index (χ4v) is 3.50. The van der Waals surface area contributed by atoms with E-state index in [0.717, 1.165) is 27.8 Å². The molecule has 0 aliphatic heterocycles. The summed E-state index contributed by atoms with van der Waals surface area (Å²) in [6.45, 7) is 0.433. The summed E-state index contributed by atoms with van der Waals surface area (Å²) in [5.41, 5.74) is 10.0. The van der Waals surface area contributed by atoms with Crippen LogP contribution < -0.4 is 11.1 Å². The molecule has 0 saturated heterocycles. The standard InChI is InChI=1S/C24H23N7O2/c25-22(32)16-31(24(33)26-14-17-6-2-1-3-7-17)15-18-10-12-19(13-11-18)20-8-4-5-9-21(20)23-27-29-30-28-23/h1-13H,14-16H2,(H2,25,32)(H,26,33)(H,27,28,29,30). The molecule has 3 amide bonds. The van der Waals surface area contributed by atoms with Gasteiger partial charge in [-0.3, -0.25) is 4.79 Å². The maximum atomic E-state index is 12.7. The second-order valence-electron chi connectivity index (χ2n) is 7.46. The largest absolute Gasteiger partial charge is 0.368 e. The van der Waals surface area contributed by atoms with E-state index in [1.165, 1.54) is 4.90 Å². The lowest BCUT2D eigenvalue weighted by molar-refractivity contribution is -0.118. The number of rotatable bonds is 8. The highest BCUT2D eigenvalue weighted by Crippen LogP contribution is 2.29. The minimum Gasteiger partial charge on any atom is -0.368 e. The third-order valence-corrected chi connectivity index (χ3v) is 5.09. The first kappa shape index (κ1) is 21.7. The van der Waals surface area contributed by atoms with Crippen molar-refractivity contribution < 1.29 is 9.59 Å². The third kappa shape index (κ3) is 5.59. The SMILES string of the molecule is NC(=O)CN(Cc1ccc(-c2ccccc2-c2nnn[nH]2)cc1)C(=O)NCc1ccccc1. The molecule has 0 unspecified atom stereocenters. The summed E-state index contributed by atoms with van der Waals surface area (Å²) >= 11 is 0. The number of nitrogens with one attached hydrogen (secondary N) is 2. The number of tetrazole rings is 1. The maximum absolute atomic E-state index is 12.7. The average Bonchev–Trinajstić information content (AvgIpc) is 3.38. The Morgan fingerprint density at radius 1 is 0.879 bits per heavy atom. The Bertz CT molecular complexity index is 1210. The van der Waals surface area contributed by atoms with Crippen LogP contribution in [0.4, 0.5) is 4.79 Å². The summed E-state index contributed by atoms with van der Waals surface area (Å²) in [4.78, 5) is 25.7. The van der Waals surface area contributed by atoms with Crippen molar-refractivity contribution in [2.45, 2.75) is 13.1 Å². The quantitative estimate of drug-likeness (QED) is 0.387. The first-order valence-electron chi connectivity index (χ1n) is 10.4. The van der Waals surface area contributed by atoms with Crippen molar-refractivity contribution in [1.29, 1.82) is 0 Å². The highest BCUT2D eigenvalue weighted by atomic mass is 16.2. The molecule has 9 nitrogen and oxygen atoms in total. The van der Waals surface area contributed by atoms with Gasteiger partial charge in [0.05, 0.1) is 0 Å². The van der Waals surface area contributed by atoms with Crippen molar-refractivity contribution in [3.05, 3.63) is 90.0 Å². The predicted molar refractivity (Wildman–Crippen MR) is 123 cm³/mol. The Balaban J connectivity index is 1.48. The van der Waals surface area contributed by atoms with Crippen LogP contribution in [0.25, 0.3) is 22.5 Å². The smallest absolute Gasteiger partial charge is 0.318 e. The summed E-state index contributed by atoms with van der Waals surface area (Å²) in [5, 5.41) is 16.9. The lowest BCUT2D eigenvalue weighted by atomic mass is 9.98. The van der Waals surface area contributed by atoms with Crippen LogP contribution in [0.15, 0.2) is 78.9 Å². The molecule has 1 aromatic heterocycles. The molecular formula is C24H23N7O2. The number of benzene rings is 3. The molecule has 4 rings (SSSR count). The van der Waals surface area contributed by atoms with Crippen LogP contribution in [0.3, 0.4) is 0 Å². The molecule has 166 valence electrons. The number of hydrogen-bond donors (Lipinski definition) is 3. The molecule has 0 radical (unpaired) electrons. The van der Waals surface area contributed by atoms with Crippen LogP contribution in [0.1, 0.15) is 11.1 Å². The van der Waals surface area contributed by atoms with Gasteiger partial charge in [0, 0.05) is 18.7 Å². The monoisotopic (exact) mass is 441 g/mol. The Hall–Kier alpha value is -4.53. The average molecular weight is 441 g/mol. The Labute approximate surface area is 190 Å². The van der Waals surface area contributed by atoms with Gasteiger partial charge in [-0.25, -0.2) is 9.89 Å². The summed E-state index contributed by atoms with van der Waals surface area (Å²) in [6, 6.07) is 24.8. The van der Waals surface area contributed by atoms with E-state index in [2.05, 4.69) is 25.9 Å². The van der Waals surface area contributed by atoms with Crippen LogP contribution in [-0.4, -0.2) is 44.0 Å². The Morgan fingerprint density at radius 3 is 2.24 bits per heavy atom. The highest BCUT2D eigenvalue weighted by molar-refractivity contribution is 5.83. The van der Waals surface area contributed by atoms with Crippen molar-refractivity contribution in [3.8, 4) is 22.5 Å². The first-order chi connectivity index (χ1) is 16.1. The maximum Gasteiger partial charge on any atom is 0.318 e. The van der Waals surface area contributed by atoms with Gasteiger partial charge in [0.15, 0.2) is 5.82 Å². The van der Waals surface area contributed by atoms with E-state index < -0.39 is 5.91 Å². The second kappa shape index (κ2) is 10.2. The van der Waals surface area contributed by atoms with Crippen LogP contribution >= 0.6 is 0 Å². The summed E-state index contributed by atoms with van der Waals surface area (Å²) in [7, 11) is 0. The van der Waals surface area contributed by atoms with E-state index in [1.54, 1.807) is 0 Å². The number of hydrogen-bond acceptors (Lipinski definition) is 5. The van der Waals surface area contributed by atoms with E-state index in [9.17, 15) is 9.59 Å². The van der Waals surface area contributed by atoms with E-state index in [0.29, 0.717) is 12.4 Å². The lowest BCUT2D eigenvalue weighted by Gasteiger charge is -2.22. The number of H-pyrrole nitrogens is 1. The summed E-state index contributed by atoms with van der Waals surface area (Å²) in [6.07, 6.45) is 0. The van der Waals surface area contributed by atoms with Gasteiger partial charge in [0.2, 0.25) is 5.91 Å². The number of nitrogens with two attached hydrogens (primary N) is 1. The van der Waals surface area contributed by atoms with E-state index >= 15 is 0 Å². The number of urea groups is 1. The number of amides is 3. The lowest BCUT2D eigenvalue weighted by Crippen LogP contribution is -2.43. The van der Waals surface area contributed by atoms with E-state index in [4.69, 9.17) is 5.73 Å². The molecule has 0 aliphatic rings. The molecule has 0 saturated carbocycles. The first-order valence-corrected chi connectivity index (χ1v) is 10.4. The minimum atomic E-state index is -0.573. The molecule has 0 fully saturated rings. The molecule has 0 bridgehead atoms. The molecule has 0 aliphatic carbocycles. The number of aromatic amines is 1. The number of aromatic nitrogens is 4. The Morgan fingerprint density at radius 2 is 1.58 bits per heavy atom. The van der Waals surface area contributed by atoms with Gasteiger partial charge >= 0.3 is 6.03 Å². The minimum absolute atomic E-state index is 0.177. The van der Waals surface area contributed by atoms with Gasteiger partial charge in [0.1, 0.15) is 6.54 Å². The molecule has 1 heterocycles. The third-order valence-electron chi connectivity index (χ3n) is 5.09. The summed E-state index contributed by atoms with van der Waals surface area (Å²) in [5.74, 6) is 0.00784. The number of carbonyl (C=O) groups is 2. The zero-order valence-electron chi connectivity index (χ0n) is 17.8. The molecule has 0 atom stereocenters.